The van der Waals surface area contributed by atoms with Crippen molar-refractivity contribution in [2.45, 2.75) is 51.5 Å². The molecule has 17 heavy (non-hydrogen) atoms. The first-order chi connectivity index (χ1) is 8.05. The normalized spacial score (nSPS) is 22.5. The summed E-state index contributed by atoms with van der Waals surface area (Å²) in [6.45, 7) is 2.56. The summed E-state index contributed by atoms with van der Waals surface area (Å²) in [6.07, 6.45) is 5.54. The second-order valence-corrected chi connectivity index (χ2v) is 6.34. The Kier molecular flexibility index (Phi) is 5.91. The monoisotopic (exact) mass is 262 g/mol. The maximum atomic E-state index is 11.8. The lowest BCUT2D eigenvalue weighted by Crippen LogP contribution is -2.47. The van der Waals surface area contributed by atoms with Gasteiger partial charge in [0.05, 0.1) is 11.8 Å². The van der Waals surface area contributed by atoms with Crippen molar-refractivity contribution in [3.8, 4) is 0 Å². The predicted molar refractivity (Wildman–Crippen MR) is 67.1 cm³/mol. The molecule has 0 aliphatic carbocycles. The van der Waals surface area contributed by atoms with Crippen molar-refractivity contribution >= 4 is 15.9 Å². The third-order valence-electron chi connectivity index (χ3n) is 2.86. The summed E-state index contributed by atoms with van der Waals surface area (Å²) in [6, 6.07) is -0.359. The Hall–Kier alpha value is -0.620. The Morgan fingerprint density at radius 2 is 2.00 bits per heavy atom. The summed E-state index contributed by atoms with van der Waals surface area (Å²) in [5.41, 5.74) is 0. The molecule has 0 radical (unpaired) electrons. The van der Waals surface area contributed by atoms with Crippen LogP contribution >= 0.6 is 0 Å². The van der Waals surface area contributed by atoms with Gasteiger partial charge in [0.15, 0.2) is 0 Å². The van der Waals surface area contributed by atoms with Crippen LogP contribution in [0.5, 0.6) is 0 Å². The van der Waals surface area contributed by atoms with Gasteiger partial charge in [0.1, 0.15) is 0 Å². The zero-order valence-corrected chi connectivity index (χ0v) is 11.2. The zero-order valence-electron chi connectivity index (χ0n) is 10.4. The van der Waals surface area contributed by atoms with E-state index < -0.39 is 15.9 Å². The molecule has 0 bridgehead atoms. The molecule has 0 aromatic rings. The lowest BCUT2D eigenvalue weighted by Gasteiger charge is -2.20. The van der Waals surface area contributed by atoms with Crippen molar-refractivity contribution in [1.29, 1.82) is 0 Å². The Morgan fingerprint density at radius 3 is 2.71 bits per heavy atom. The second kappa shape index (κ2) is 6.96. The summed E-state index contributed by atoms with van der Waals surface area (Å²) >= 11 is 0. The smallest absolute Gasteiger partial charge is 0.250 e. The molecule has 1 saturated heterocycles. The standard InChI is InChI=1S/C11H22N2O3S/c1-2-9-17(15,16)13-11(14)10-7-5-3-4-6-8-12-10/h10,12H,2-9H2,1H3,(H,13,14). The Labute approximate surface area is 103 Å². The van der Waals surface area contributed by atoms with E-state index in [1.807, 2.05) is 0 Å². The molecular formula is C11H22N2O3S. The highest BCUT2D eigenvalue weighted by Gasteiger charge is 2.22. The maximum absolute atomic E-state index is 11.8. The first-order valence-corrected chi connectivity index (χ1v) is 7.98. The minimum Gasteiger partial charge on any atom is -0.306 e. The van der Waals surface area contributed by atoms with E-state index in [0.29, 0.717) is 12.8 Å². The van der Waals surface area contributed by atoms with Gasteiger partial charge in [0.25, 0.3) is 5.91 Å². The summed E-state index contributed by atoms with van der Waals surface area (Å²) in [7, 11) is -3.44. The number of hydrogen-bond donors (Lipinski definition) is 2. The fourth-order valence-corrected chi connectivity index (χ4v) is 3.06. The molecule has 0 spiro atoms. The molecule has 1 heterocycles. The van der Waals surface area contributed by atoms with Crippen LogP contribution in [0.2, 0.25) is 0 Å². The van der Waals surface area contributed by atoms with Gasteiger partial charge in [-0.25, -0.2) is 8.42 Å². The number of amides is 1. The van der Waals surface area contributed by atoms with E-state index in [2.05, 4.69) is 10.0 Å². The van der Waals surface area contributed by atoms with Crippen LogP contribution in [-0.2, 0) is 14.8 Å². The average molecular weight is 262 g/mol. The van der Waals surface area contributed by atoms with Gasteiger partial charge in [-0.15, -0.1) is 0 Å². The molecule has 1 atom stereocenters. The highest BCUT2D eigenvalue weighted by molar-refractivity contribution is 7.90. The van der Waals surface area contributed by atoms with Crippen LogP contribution in [0.1, 0.15) is 45.4 Å². The number of sulfonamides is 1. The number of rotatable bonds is 4. The molecule has 2 N–H and O–H groups in total. The minimum atomic E-state index is -3.44. The molecule has 1 unspecified atom stereocenters. The van der Waals surface area contributed by atoms with Crippen molar-refractivity contribution in [1.82, 2.24) is 10.0 Å². The minimum absolute atomic E-state index is 0.00542. The Balaban J connectivity index is 2.50. The first-order valence-electron chi connectivity index (χ1n) is 6.33. The molecule has 1 aliphatic rings. The molecule has 1 rings (SSSR count). The average Bonchev–Trinajstić information content (AvgIpc) is 2.14. The quantitative estimate of drug-likeness (QED) is 0.784. The SMILES string of the molecule is CCCS(=O)(=O)NC(=O)C1CCCCCCN1. The molecule has 0 aromatic heterocycles. The van der Waals surface area contributed by atoms with Crippen molar-refractivity contribution in [2.24, 2.45) is 0 Å². The van der Waals surface area contributed by atoms with Crippen LogP contribution < -0.4 is 10.0 Å². The highest BCUT2D eigenvalue weighted by atomic mass is 32.2. The summed E-state index contributed by atoms with van der Waals surface area (Å²) in [5.74, 6) is -0.397. The van der Waals surface area contributed by atoms with Gasteiger partial charge in [0, 0.05) is 0 Å². The molecule has 0 aromatic carbocycles. The molecular weight excluding hydrogens is 240 g/mol. The van der Waals surface area contributed by atoms with E-state index in [0.717, 1.165) is 25.8 Å². The topological polar surface area (TPSA) is 75.3 Å². The van der Waals surface area contributed by atoms with E-state index >= 15 is 0 Å². The number of carbonyl (C=O) groups excluding carboxylic acids is 1. The van der Waals surface area contributed by atoms with E-state index in [4.69, 9.17) is 0 Å². The molecule has 1 aliphatic heterocycles. The van der Waals surface area contributed by atoms with Crippen LogP contribution in [0.25, 0.3) is 0 Å². The molecule has 5 nitrogen and oxygen atoms in total. The van der Waals surface area contributed by atoms with Gasteiger partial charge < -0.3 is 5.32 Å². The number of hydrogen-bond acceptors (Lipinski definition) is 4. The summed E-state index contributed by atoms with van der Waals surface area (Å²) in [5, 5.41) is 3.11. The van der Waals surface area contributed by atoms with E-state index in [1.54, 1.807) is 6.92 Å². The molecule has 6 heteroatoms. The predicted octanol–water partition coefficient (Wildman–Crippen LogP) is 0.765. The third-order valence-corrected chi connectivity index (χ3v) is 4.31. The maximum Gasteiger partial charge on any atom is 0.250 e. The van der Waals surface area contributed by atoms with Crippen LogP contribution in [0, 0.1) is 0 Å². The molecule has 1 fully saturated rings. The van der Waals surface area contributed by atoms with Crippen LogP contribution in [-0.4, -0.2) is 32.7 Å². The van der Waals surface area contributed by atoms with Crippen molar-refractivity contribution < 1.29 is 13.2 Å². The summed E-state index contributed by atoms with van der Waals surface area (Å²) < 4.78 is 25.1. The molecule has 100 valence electrons. The van der Waals surface area contributed by atoms with Gasteiger partial charge in [-0.05, 0) is 25.8 Å². The van der Waals surface area contributed by atoms with Gasteiger partial charge in [-0.1, -0.05) is 26.2 Å². The first kappa shape index (κ1) is 14.4. The molecule has 1 amide bonds. The van der Waals surface area contributed by atoms with Crippen LogP contribution in [0.4, 0.5) is 0 Å². The van der Waals surface area contributed by atoms with Gasteiger partial charge >= 0.3 is 0 Å². The van der Waals surface area contributed by atoms with Crippen LogP contribution in [0.3, 0.4) is 0 Å². The fourth-order valence-electron chi connectivity index (χ4n) is 1.97. The van der Waals surface area contributed by atoms with Crippen molar-refractivity contribution in [2.75, 3.05) is 12.3 Å². The van der Waals surface area contributed by atoms with Crippen molar-refractivity contribution in [3.05, 3.63) is 0 Å². The third kappa shape index (κ3) is 5.50. The highest BCUT2D eigenvalue weighted by Crippen LogP contribution is 2.09. The van der Waals surface area contributed by atoms with E-state index in [-0.39, 0.29) is 11.8 Å². The van der Waals surface area contributed by atoms with Crippen molar-refractivity contribution in [3.63, 3.8) is 0 Å². The van der Waals surface area contributed by atoms with Gasteiger partial charge in [0.2, 0.25) is 10.0 Å². The Morgan fingerprint density at radius 1 is 1.29 bits per heavy atom. The number of nitrogens with one attached hydrogen (secondary N) is 2. The van der Waals surface area contributed by atoms with E-state index in [9.17, 15) is 13.2 Å². The largest absolute Gasteiger partial charge is 0.306 e. The lowest BCUT2D eigenvalue weighted by atomic mass is 10.0. The zero-order chi connectivity index (χ0) is 12.7. The van der Waals surface area contributed by atoms with E-state index in [1.165, 1.54) is 6.42 Å². The molecule has 0 saturated carbocycles. The number of carbonyl (C=O) groups is 1. The lowest BCUT2D eigenvalue weighted by molar-refractivity contribution is -0.121. The summed E-state index contributed by atoms with van der Waals surface area (Å²) in [4.78, 5) is 11.8. The fraction of sp³-hybridized carbons (Fsp3) is 0.909. The van der Waals surface area contributed by atoms with Gasteiger partial charge in [-0.3, -0.25) is 9.52 Å². The van der Waals surface area contributed by atoms with Gasteiger partial charge in [-0.2, -0.15) is 0 Å². The second-order valence-electron chi connectivity index (χ2n) is 4.49. The Bertz CT molecular complexity index is 333. The van der Waals surface area contributed by atoms with Crippen LogP contribution in [0.15, 0.2) is 0 Å².